The van der Waals surface area contributed by atoms with Gasteiger partial charge in [0.25, 0.3) is 0 Å². The molecule has 0 amide bonds. The highest BCUT2D eigenvalue weighted by molar-refractivity contribution is 7.81. The van der Waals surface area contributed by atoms with Gasteiger partial charge in [-0.1, -0.05) is 30.3 Å². The maximum atomic E-state index is 11.9. The van der Waals surface area contributed by atoms with Crippen molar-refractivity contribution >= 4 is 18.6 Å². The Morgan fingerprint density at radius 3 is 2.68 bits per heavy atom. The lowest BCUT2D eigenvalue weighted by Gasteiger charge is -2.22. The molecule has 0 aliphatic carbocycles. The first kappa shape index (κ1) is 14.4. The number of hydrogen-bond acceptors (Lipinski definition) is 4. The van der Waals surface area contributed by atoms with E-state index >= 15 is 0 Å². The molecular weight excluding hydrogens is 260 g/mol. The average Bonchev–Trinajstić information content (AvgIpc) is 2.47. The number of hydrogen-bond donors (Lipinski definition) is 1. The highest BCUT2D eigenvalue weighted by atomic mass is 32.1. The number of carbonyl (C=O) groups excluding carboxylic acids is 1. The molecule has 1 aliphatic rings. The minimum Gasteiger partial charge on any atom is -0.465 e. The van der Waals surface area contributed by atoms with Crippen molar-refractivity contribution in [2.75, 3.05) is 19.8 Å². The molecule has 0 saturated carbocycles. The molecule has 2 rings (SSSR count). The fraction of sp³-hybridized carbons (Fsp3) is 0.533. The molecule has 1 unspecified atom stereocenters. The zero-order chi connectivity index (χ0) is 13.5. The topological polar surface area (TPSA) is 35.5 Å². The third-order valence-corrected chi connectivity index (χ3v) is 3.74. The van der Waals surface area contributed by atoms with Crippen LogP contribution in [0.25, 0.3) is 0 Å². The van der Waals surface area contributed by atoms with Crippen LogP contribution in [-0.4, -0.2) is 31.0 Å². The Labute approximate surface area is 119 Å². The van der Waals surface area contributed by atoms with E-state index in [9.17, 15) is 4.79 Å². The number of ether oxygens (including phenoxy) is 2. The first-order valence-corrected chi connectivity index (χ1v) is 7.23. The lowest BCUT2D eigenvalue weighted by molar-refractivity contribution is -0.145. The molecule has 1 aromatic carbocycles. The second-order valence-corrected chi connectivity index (χ2v) is 5.51. The standard InChI is InChI=1S/C15H20O3S/c16-15(18-11-13-6-8-17-9-7-13)14(19)10-12-4-2-1-3-5-12/h1-5,13-14,19H,6-11H2. The van der Waals surface area contributed by atoms with Crippen molar-refractivity contribution in [2.45, 2.75) is 24.5 Å². The Kier molecular flexibility index (Phi) is 5.73. The summed E-state index contributed by atoms with van der Waals surface area (Å²) < 4.78 is 10.6. The van der Waals surface area contributed by atoms with Gasteiger partial charge >= 0.3 is 5.97 Å². The predicted molar refractivity (Wildman–Crippen MR) is 77.4 cm³/mol. The molecule has 0 bridgehead atoms. The van der Waals surface area contributed by atoms with Gasteiger partial charge in [0.2, 0.25) is 0 Å². The van der Waals surface area contributed by atoms with Crippen LogP contribution in [0.1, 0.15) is 18.4 Å². The minimum atomic E-state index is -0.387. The van der Waals surface area contributed by atoms with Gasteiger partial charge in [-0.3, -0.25) is 4.79 Å². The Balaban J connectivity index is 1.73. The van der Waals surface area contributed by atoms with E-state index in [0.717, 1.165) is 31.6 Å². The van der Waals surface area contributed by atoms with E-state index in [2.05, 4.69) is 12.6 Å². The van der Waals surface area contributed by atoms with Crippen LogP contribution in [0, 0.1) is 5.92 Å². The molecule has 0 spiro atoms. The summed E-state index contributed by atoms with van der Waals surface area (Å²) >= 11 is 4.34. The molecule has 104 valence electrons. The molecule has 19 heavy (non-hydrogen) atoms. The van der Waals surface area contributed by atoms with Gasteiger partial charge in [-0.15, -0.1) is 0 Å². The number of carbonyl (C=O) groups is 1. The van der Waals surface area contributed by atoms with E-state index in [1.165, 1.54) is 0 Å². The molecule has 1 saturated heterocycles. The van der Waals surface area contributed by atoms with Gasteiger partial charge in [0, 0.05) is 13.2 Å². The molecule has 0 N–H and O–H groups in total. The SMILES string of the molecule is O=C(OCC1CCOCC1)C(S)Cc1ccccc1. The molecule has 1 atom stereocenters. The van der Waals surface area contributed by atoms with Gasteiger partial charge in [-0.2, -0.15) is 12.6 Å². The first-order valence-electron chi connectivity index (χ1n) is 6.72. The lowest BCUT2D eigenvalue weighted by Crippen LogP contribution is -2.26. The average molecular weight is 280 g/mol. The maximum Gasteiger partial charge on any atom is 0.319 e. The quantitative estimate of drug-likeness (QED) is 0.665. The Bertz CT molecular complexity index is 388. The van der Waals surface area contributed by atoms with Crippen molar-refractivity contribution in [2.24, 2.45) is 5.92 Å². The molecule has 4 heteroatoms. The summed E-state index contributed by atoms with van der Waals surface area (Å²) in [6, 6.07) is 9.87. The summed E-state index contributed by atoms with van der Waals surface area (Å²) in [6.07, 6.45) is 2.56. The van der Waals surface area contributed by atoms with Gasteiger partial charge < -0.3 is 9.47 Å². The van der Waals surface area contributed by atoms with Crippen LogP contribution < -0.4 is 0 Å². The maximum absolute atomic E-state index is 11.9. The van der Waals surface area contributed by atoms with Crippen LogP contribution >= 0.6 is 12.6 Å². The van der Waals surface area contributed by atoms with Crippen molar-refractivity contribution in [3.8, 4) is 0 Å². The zero-order valence-electron chi connectivity index (χ0n) is 11.0. The Morgan fingerprint density at radius 2 is 2.00 bits per heavy atom. The van der Waals surface area contributed by atoms with Gasteiger partial charge in [-0.25, -0.2) is 0 Å². The normalized spacial score (nSPS) is 17.9. The number of benzene rings is 1. The van der Waals surface area contributed by atoms with E-state index in [1.807, 2.05) is 30.3 Å². The van der Waals surface area contributed by atoms with Crippen LogP contribution in [-0.2, 0) is 20.7 Å². The molecule has 0 aromatic heterocycles. The zero-order valence-corrected chi connectivity index (χ0v) is 11.9. The third kappa shape index (κ3) is 4.88. The summed E-state index contributed by atoms with van der Waals surface area (Å²) in [4.78, 5) is 11.9. The van der Waals surface area contributed by atoms with Crippen molar-refractivity contribution in [1.29, 1.82) is 0 Å². The predicted octanol–water partition coefficient (Wildman–Crippen LogP) is 2.50. The Morgan fingerprint density at radius 1 is 1.32 bits per heavy atom. The number of rotatable bonds is 5. The van der Waals surface area contributed by atoms with Crippen molar-refractivity contribution in [3.05, 3.63) is 35.9 Å². The molecular formula is C15H20O3S. The molecule has 1 aliphatic heterocycles. The second kappa shape index (κ2) is 7.56. The number of esters is 1. The molecule has 3 nitrogen and oxygen atoms in total. The third-order valence-electron chi connectivity index (χ3n) is 3.35. The fourth-order valence-electron chi connectivity index (χ4n) is 2.13. The van der Waals surface area contributed by atoms with Crippen molar-refractivity contribution < 1.29 is 14.3 Å². The molecule has 1 heterocycles. The number of thiol groups is 1. The molecule has 1 aromatic rings. The van der Waals surface area contributed by atoms with Crippen LogP contribution in [0.3, 0.4) is 0 Å². The van der Waals surface area contributed by atoms with E-state index in [0.29, 0.717) is 18.9 Å². The van der Waals surface area contributed by atoms with E-state index < -0.39 is 0 Å². The smallest absolute Gasteiger partial charge is 0.319 e. The van der Waals surface area contributed by atoms with Crippen LogP contribution in [0.4, 0.5) is 0 Å². The highest BCUT2D eigenvalue weighted by Crippen LogP contribution is 2.16. The van der Waals surface area contributed by atoms with E-state index in [1.54, 1.807) is 0 Å². The lowest BCUT2D eigenvalue weighted by atomic mass is 10.0. The van der Waals surface area contributed by atoms with Crippen LogP contribution in [0.5, 0.6) is 0 Å². The van der Waals surface area contributed by atoms with Crippen molar-refractivity contribution in [1.82, 2.24) is 0 Å². The van der Waals surface area contributed by atoms with Gasteiger partial charge in [0.1, 0.15) is 5.25 Å². The van der Waals surface area contributed by atoms with Crippen molar-refractivity contribution in [3.63, 3.8) is 0 Å². The van der Waals surface area contributed by atoms with E-state index in [4.69, 9.17) is 9.47 Å². The summed E-state index contributed by atoms with van der Waals surface area (Å²) in [5.74, 6) is 0.216. The minimum absolute atomic E-state index is 0.223. The second-order valence-electron chi connectivity index (χ2n) is 4.89. The molecule has 1 fully saturated rings. The summed E-state index contributed by atoms with van der Waals surface area (Å²) in [5.41, 5.74) is 1.10. The fourth-order valence-corrected chi connectivity index (χ4v) is 2.42. The summed E-state index contributed by atoms with van der Waals surface area (Å²) in [5, 5.41) is -0.387. The van der Waals surface area contributed by atoms with Crippen LogP contribution in [0.15, 0.2) is 30.3 Å². The van der Waals surface area contributed by atoms with Gasteiger partial charge in [0.15, 0.2) is 0 Å². The monoisotopic (exact) mass is 280 g/mol. The van der Waals surface area contributed by atoms with Gasteiger partial charge in [0.05, 0.1) is 6.61 Å². The first-order chi connectivity index (χ1) is 9.25. The highest BCUT2D eigenvalue weighted by Gasteiger charge is 2.20. The van der Waals surface area contributed by atoms with Crippen LogP contribution in [0.2, 0.25) is 0 Å². The summed E-state index contributed by atoms with van der Waals surface area (Å²) in [7, 11) is 0. The Hall–Kier alpha value is -1.00. The summed E-state index contributed by atoms with van der Waals surface area (Å²) in [6.45, 7) is 2.04. The molecule has 0 radical (unpaired) electrons. The van der Waals surface area contributed by atoms with Gasteiger partial charge in [-0.05, 0) is 30.7 Å². The van der Waals surface area contributed by atoms with E-state index in [-0.39, 0.29) is 11.2 Å². The largest absolute Gasteiger partial charge is 0.465 e.